The van der Waals surface area contributed by atoms with Crippen LogP contribution in [0, 0.1) is 8.48 Å². The van der Waals surface area contributed by atoms with Gasteiger partial charge in [-0.05, 0) is 53.8 Å². The lowest BCUT2D eigenvalue weighted by atomic mass is 9.92. The molecule has 0 aliphatic carbocycles. The summed E-state index contributed by atoms with van der Waals surface area (Å²) in [5, 5.41) is 7.13. The predicted molar refractivity (Wildman–Crippen MR) is 95.3 cm³/mol. The van der Waals surface area contributed by atoms with Crippen molar-refractivity contribution < 1.29 is 19.1 Å². The normalized spacial score (nSPS) is 22.6. The van der Waals surface area contributed by atoms with Gasteiger partial charge in [-0.25, -0.2) is 9.69 Å². The second kappa shape index (κ2) is 6.50. The van der Waals surface area contributed by atoms with Crippen molar-refractivity contribution in [1.29, 1.82) is 0 Å². The molecule has 0 saturated carbocycles. The Morgan fingerprint density at radius 1 is 1.32 bits per heavy atom. The van der Waals surface area contributed by atoms with Crippen LogP contribution in [0.3, 0.4) is 0 Å². The lowest BCUT2D eigenvalue weighted by molar-refractivity contribution is -0.135. The van der Waals surface area contributed by atoms with Crippen molar-refractivity contribution in [2.45, 2.75) is 25.3 Å². The summed E-state index contributed by atoms with van der Waals surface area (Å²) in [6.45, 7) is 1.75. The Labute approximate surface area is 156 Å². The van der Waals surface area contributed by atoms with Gasteiger partial charge in [-0.15, -0.1) is 15.1 Å². The number of hydrogen-bond donors (Lipinski definition) is 0. The van der Waals surface area contributed by atoms with Gasteiger partial charge in [-0.2, -0.15) is 0 Å². The Morgan fingerprint density at radius 3 is 2.60 bits per heavy atom. The quantitative estimate of drug-likeness (QED) is 0.295. The summed E-state index contributed by atoms with van der Waals surface area (Å²) in [5.74, 6) is -1.86. The molecule has 1 fully saturated rings. The van der Waals surface area contributed by atoms with Gasteiger partial charge in [0.05, 0.1) is 24.0 Å². The number of imide groups is 1. The minimum atomic E-state index is -1.61. The first-order chi connectivity index (χ1) is 11.9. The van der Waals surface area contributed by atoms with Crippen molar-refractivity contribution in [2.75, 3.05) is 11.5 Å². The average molecular weight is 456 g/mol. The van der Waals surface area contributed by atoms with E-state index in [4.69, 9.17) is 4.74 Å². The summed E-state index contributed by atoms with van der Waals surface area (Å²) in [6.07, 6.45) is -0.501. The zero-order valence-corrected chi connectivity index (χ0v) is 15.3. The average Bonchev–Trinajstić information content (AvgIpc) is 3.07. The molecule has 0 unspecified atom stereocenters. The van der Waals surface area contributed by atoms with E-state index in [0.29, 0.717) is 10.8 Å². The van der Waals surface area contributed by atoms with E-state index in [0.717, 1.165) is 8.47 Å². The molecule has 25 heavy (non-hydrogen) atoms. The van der Waals surface area contributed by atoms with Gasteiger partial charge in [0.25, 0.3) is 5.91 Å². The maximum atomic E-state index is 13.0. The molecule has 10 heteroatoms. The largest absolute Gasteiger partial charge is 0.461 e. The maximum absolute atomic E-state index is 13.0. The summed E-state index contributed by atoms with van der Waals surface area (Å²) in [5.41, 5.74) is -1.32. The number of carbonyl (C=O) groups excluding carboxylic acids is 3. The number of nitrogens with zero attached hydrogens (tertiary/aromatic N) is 4. The topological polar surface area (TPSA) is 109 Å². The van der Waals surface area contributed by atoms with Crippen LogP contribution in [0.25, 0.3) is 0 Å². The lowest BCUT2D eigenvalue weighted by Crippen LogP contribution is -2.48. The molecule has 2 aliphatic heterocycles. The Kier molecular flexibility index (Phi) is 4.54. The highest BCUT2D eigenvalue weighted by molar-refractivity contribution is 14.1. The van der Waals surface area contributed by atoms with Crippen LogP contribution in [0.2, 0.25) is 0 Å². The summed E-state index contributed by atoms with van der Waals surface area (Å²) in [4.78, 5) is 49.5. The van der Waals surface area contributed by atoms with Gasteiger partial charge in [0.15, 0.2) is 11.3 Å². The molecular formula is C15H13IN4O5. The van der Waals surface area contributed by atoms with Crippen molar-refractivity contribution in [1.82, 2.24) is 5.12 Å². The molecule has 130 valence electrons. The fourth-order valence-corrected chi connectivity index (χ4v) is 3.25. The Bertz CT molecular complexity index is 794. The highest BCUT2D eigenvalue weighted by Crippen LogP contribution is 2.40. The molecular weight excluding hydrogens is 443 g/mol. The lowest BCUT2D eigenvalue weighted by Gasteiger charge is -2.24. The van der Waals surface area contributed by atoms with E-state index < -0.39 is 23.3 Å². The predicted octanol–water partition coefficient (Wildman–Crippen LogP) is 1.60. The number of esters is 1. The van der Waals surface area contributed by atoms with Crippen LogP contribution in [0.15, 0.2) is 34.7 Å². The molecule has 1 saturated heterocycles. The van der Waals surface area contributed by atoms with Gasteiger partial charge in [-0.3, -0.25) is 9.59 Å². The van der Waals surface area contributed by atoms with Crippen LogP contribution in [0.1, 0.15) is 19.8 Å². The number of ether oxygens (including phenoxy) is 1. The van der Waals surface area contributed by atoms with Gasteiger partial charge in [0.2, 0.25) is 5.91 Å². The third kappa shape index (κ3) is 2.79. The SMILES string of the molecule is CCOC(=O)C1=NN(N=O)[C@@]2(CC(=O)N(c3ccc(I)cc3)C2=O)C1. The zero-order chi connectivity index (χ0) is 18.2. The number of nitroso groups, excluding NO2 is 1. The van der Waals surface area contributed by atoms with E-state index in [-0.39, 0.29) is 25.2 Å². The number of benzene rings is 1. The van der Waals surface area contributed by atoms with Crippen molar-refractivity contribution in [3.05, 3.63) is 32.7 Å². The van der Waals surface area contributed by atoms with E-state index in [2.05, 4.69) is 33.0 Å². The minimum absolute atomic E-state index is 0.105. The molecule has 1 atom stereocenters. The molecule has 9 nitrogen and oxygen atoms in total. The standard InChI is InChI=1S/C15H13IN4O5/c1-2-25-13(22)11-7-15(20(17-11)18-24)8-12(21)19(14(15)23)10-5-3-9(16)4-6-10/h3-6H,2,7-8H2,1H3/t15-/m1/s1. The van der Waals surface area contributed by atoms with Crippen LogP contribution in [-0.2, 0) is 19.1 Å². The first-order valence-corrected chi connectivity index (χ1v) is 8.52. The van der Waals surface area contributed by atoms with Crippen LogP contribution in [0.5, 0.6) is 0 Å². The van der Waals surface area contributed by atoms with Crippen LogP contribution in [-0.4, -0.2) is 40.8 Å². The van der Waals surface area contributed by atoms with E-state index in [9.17, 15) is 19.3 Å². The first-order valence-electron chi connectivity index (χ1n) is 7.44. The van der Waals surface area contributed by atoms with Crippen molar-refractivity contribution in [3.63, 3.8) is 0 Å². The Hall–Kier alpha value is -2.37. The highest BCUT2D eigenvalue weighted by Gasteiger charge is 2.61. The van der Waals surface area contributed by atoms with Crippen LogP contribution < -0.4 is 4.90 Å². The molecule has 0 aromatic heterocycles. The monoisotopic (exact) mass is 456 g/mol. The van der Waals surface area contributed by atoms with E-state index in [1.54, 1.807) is 31.2 Å². The number of hydrazone groups is 1. The molecule has 2 heterocycles. The number of rotatable bonds is 4. The van der Waals surface area contributed by atoms with Crippen molar-refractivity contribution >= 4 is 51.8 Å². The summed E-state index contributed by atoms with van der Waals surface area (Å²) < 4.78 is 5.80. The highest BCUT2D eigenvalue weighted by atomic mass is 127. The van der Waals surface area contributed by atoms with E-state index in [1.807, 2.05) is 0 Å². The number of hydrogen-bond acceptors (Lipinski definition) is 7. The second-order valence-corrected chi connectivity index (χ2v) is 6.78. The van der Waals surface area contributed by atoms with Crippen LogP contribution in [0.4, 0.5) is 5.69 Å². The molecule has 1 aromatic rings. The van der Waals surface area contributed by atoms with E-state index in [1.165, 1.54) is 0 Å². The summed E-state index contributed by atoms with van der Waals surface area (Å²) in [7, 11) is 0. The summed E-state index contributed by atoms with van der Waals surface area (Å²) in [6, 6.07) is 6.79. The maximum Gasteiger partial charge on any atom is 0.354 e. The van der Waals surface area contributed by atoms with Crippen LogP contribution >= 0.6 is 22.6 Å². The molecule has 1 spiro atoms. The molecule has 2 amide bonds. The first kappa shape index (κ1) is 17.5. The van der Waals surface area contributed by atoms with Gasteiger partial charge in [0.1, 0.15) is 0 Å². The fourth-order valence-electron chi connectivity index (χ4n) is 2.89. The fraction of sp³-hybridized carbons (Fsp3) is 0.333. The Morgan fingerprint density at radius 2 is 2.00 bits per heavy atom. The number of halogens is 1. The smallest absolute Gasteiger partial charge is 0.354 e. The molecule has 0 bridgehead atoms. The Balaban J connectivity index is 1.94. The minimum Gasteiger partial charge on any atom is -0.461 e. The second-order valence-electron chi connectivity index (χ2n) is 5.53. The van der Waals surface area contributed by atoms with E-state index >= 15 is 0 Å². The van der Waals surface area contributed by atoms with Crippen molar-refractivity contribution in [2.24, 2.45) is 10.4 Å². The third-order valence-electron chi connectivity index (χ3n) is 4.03. The zero-order valence-electron chi connectivity index (χ0n) is 13.1. The number of amides is 2. The van der Waals surface area contributed by atoms with Gasteiger partial charge in [-0.1, -0.05) is 0 Å². The number of anilines is 1. The van der Waals surface area contributed by atoms with Gasteiger partial charge >= 0.3 is 5.97 Å². The number of carbonyl (C=O) groups is 3. The van der Waals surface area contributed by atoms with Gasteiger partial charge in [0, 0.05) is 9.99 Å². The van der Waals surface area contributed by atoms with Gasteiger partial charge < -0.3 is 4.74 Å². The third-order valence-corrected chi connectivity index (χ3v) is 4.74. The molecule has 0 N–H and O–H groups in total. The molecule has 3 rings (SSSR count). The summed E-state index contributed by atoms with van der Waals surface area (Å²) >= 11 is 2.11. The van der Waals surface area contributed by atoms with Crippen molar-refractivity contribution in [3.8, 4) is 0 Å². The molecule has 2 aliphatic rings. The molecule has 1 aromatic carbocycles. The molecule has 0 radical (unpaired) electrons.